The van der Waals surface area contributed by atoms with Gasteiger partial charge in [0, 0.05) is 18.3 Å². The van der Waals surface area contributed by atoms with E-state index in [0.29, 0.717) is 6.54 Å². The van der Waals surface area contributed by atoms with Crippen molar-refractivity contribution in [3.63, 3.8) is 0 Å². The smallest absolute Gasteiger partial charge is 0.304 e. The van der Waals surface area contributed by atoms with Crippen LogP contribution in [0.2, 0.25) is 0 Å². The normalized spacial score (nSPS) is 15.9. The summed E-state index contributed by atoms with van der Waals surface area (Å²) in [4.78, 5) is 34.6. The fraction of sp³-hybridized carbons (Fsp3) is 0.148. The molecule has 0 radical (unpaired) electrons. The molecule has 1 aliphatic heterocycles. The fourth-order valence-electron chi connectivity index (χ4n) is 4.12. The summed E-state index contributed by atoms with van der Waals surface area (Å²) in [5.41, 5.74) is 3.73. The molecule has 0 aliphatic carbocycles. The summed E-state index contributed by atoms with van der Waals surface area (Å²) in [5, 5.41) is 2.91. The summed E-state index contributed by atoms with van der Waals surface area (Å²) in [6.07, 6.45) is 0.736. The molecular formula is C27H23N3O2S. The molecule has 0 spiro atoms. The first kappa shape index (κ1) is 21.1. The van der Waals surface area contributed by atoms with E-state index in [1.807, 2.05) is 84.2 Å². The second-order valence-corrected chi connectivity index (χ2v) is 8.97. The maximum Gasteiger partial charge on any atom is 0.328 e. The van der Waals surface area contributed by atoms with E-state index in [1.54, 1.807) is 16.2 Å². The highest BCUT2D eigenvalue weighted by Crippen LogP contribution is 2.33. The van der Waals surface area contributed by atoms with Crippen LogP contribution >= 0.6 is 11.3 Å². The molecule has 6 heteroatoms. The van der Waals surface area contributed by atoms with Crippen molar-refractivity contribution in [1.29, 1.82) is 0 Å². The molecule has 0 saturated carbocycles. The topological polar surface area (TPSA) is 53.5 Å². The predicted octanol–water partition coefficient (Wildman–Crippen LogP) is 5.44. The Hall–Kier alpha value is -3.77. The van der Waals surface area contributed by atoms with Gasteiger partial charge in [-0.15, -0.1) is 11.3 Å². The van der Waals surface area contributed by atoms with Crippen molar-refractivity contribution in [1.82, 2.24) is 14.8 Å². The van der Waals surface area contributed by atoms with Crippen molar-refractivity contribution in [2.75, 3.05) is 0 Å². The van der Waals surface area contributed by atoms with Gasteiger partial charge in [0.1, 0.15) is 6.04 Å². The number of amides is 3. The molecule has 3 aromatic carbocycles. The standard InChI is InChI=1S/C27H23N3O2S/c31-26-25(22-14-8-3-9-15-22)29(17-21-12-6-2-7-13-21)27(32)30(26)18-23-19-33-24(28-23)16-20-10-4-1-5-11-20/h1-15,19,25H,16-18H2. The van der Waals surface area contributed by atoms with Crippen LogP contribution in [0.25, 0.3) is 0 Å². The second-order valence-electron chi connectivity index (χ2n) is 8.03. The average Bonchev–Trinajstić information content (AvgIpc) is 3.39. The Balaban J connectivity index is 1.38. The van der Waals surface area contributed by atoms with Gasteiger partial charge in [-0.3, -0.25) is 9.69 Å². The third-order valence-corrected chi connectivity index (χ3v) is 6.61. The maximum absolute atomic E-state index is 13.5. The Kier molecular flexibility index (Phi) is 6.00. The molecule has 3 amide bonds. The van der Waals surface area contributed by atoms with Gasteiger partial charge in [0.25, 0.3) is 5.91 Å². The largest absolute Gasteiger partial charge is 0.328 e. The summed E-state index contributed by atoms with van der Waals surface area (Å²) >= 11 is 1.56. The van der Waals surface area contributed by atoms with Gasteiger partial charge in [-0.2, -0.15) is 0 Å². The van der Waals surface area contributed by atoms with Gasteiger partial charge in [-0.1, -0.05) is 91.0 Å². The van der Waals surface area contributed by atoms with Crippen LogP contribution in [0.4, 0.5) is 4.79 Å². The number of nitrogens with zero attached hydrogens (tertiary/aromatic N) is 3. The van der Waals surface area contributed by atoms with Gasteiger partial charge in [0.2, 0.25) is 0 Å². The number of rotatable bonds is 7. The molecule has 1 atom stereocenters. The lowest BCUT2D eigenvalue weighted by molar-refractivity contribution is -0.129. The fourth-order valence-corrected chi connectivity index (χ4v) is 4.94. The van der Waals surface area contributed by atoms with Gasteiger partial charge in [-0.25, -0.2) is 9.78 Å². The van der Waals surface area contributed by atoms with Gasteiger partial charge in [-0.05, 0) is 16.7 Å². The summed E-state index contributed by atoms with van der Waals surface area (Å²) in [5.74, 6) is -0.209. The Morgan fingerprint density at radius 2 is 1.36 bits per heavy atom. The van der Waals surface area contributed by atoms with Crippen LogP contribution in [-0.2, 0) is 24.3 Å². The lowest BCUT2D eigenvalue weighted by Gasteiger charge is -2.22. The maximum atomic E-state index is 13.5. The van der Waals surface area contributed by atoms with E-state index in [1.165, 1.54) is 10.5 Å². The first-order chi connectivity index (χ1) is 16.2. The summed E-state index contributed by atoms with van der Waals surface area (Å²) in [6, 6.07) is 28.5. The Morgan fingerprint density at radius 3 is 2.03 bits per heavy atom. The van der Waals surface area contributed by atoms with Crippen molar-refractivity contribution in [2.45, 2.75) is 25.6 Å². The van der Waals surface area contributed by atoms with Crippen LogP contribution in [0.15, 0.2) is 96.4 Å². The van der Waals surface area contributed by atoms with E-state index in [4.69, 9.17) is 4.98 Å². The first-order valence-corrected chi connectivity index (χ1v) is 11.7. The summed E-state index contributed by atoms with van der Waals surface area (Å²) < 4.78 is 0. The number of urea groups is 1. The van der Waals surface area contributed by atoms with Gasteiger partial charge in [0.15, 0.2) is 0 Å². The molecule has 1 unspecified atom stereocenters. The van der Waals surface area contributed by atoms with E-state index in [0.717, 1.165) is 28.2 Å². The molecular weight excluding hydrogens is 430 g/mol. The SMILES string of the molecule is O=C1C(c2ccccc2)N(Cc2ccccc2)C(=O)N1Cc1csc(Cc2ccccc2)n1. The van der Waals surface area contributed by atoms with Gasteiger partial charge < -0.3 is 4.90 Å². The van der Waals surface area contributed by atoms with Crippen molar-refractivity contribution in [2.24, 2.45) is 0 Å². The zero-order chi connectivity index (χ0) is 22.6. The Morgan fingerprint density at radius 1 is 0.758 bits per heavy atom. The monoisotopic (exact) mass is 453 g/mol. The molecule has 1 aromatic heterocycles. The molecule has 0 N–H and O–H groups in total. The van der Waals surface area contributed by atoms with Crippen LogP contribution in [0.3, 0.4) is 0 Å². The van der Waals surface area contributed by atoms with E-state index in [9.17, 15) is 9.59 Å². The molecule has 1 fully saturated rings. The van der Waals surface area contributed by atoms with E-state index >= 15 is 0 Å². The van der Waals surface area contributed by atoms with Crippen LogP contribution < -0.4 is 0 Å². The highest BCUT2D eigenvalue weighted by atomic mass is 32.1. The molecule has 0 bridgehead atoms. The molecule has 5 rings (SSSR count). The molecule has 5 nitrogen and oxygen atoms in total. The molecule has 1 aliphatic rings. The highest BCUT2D eigenvalue weighted by molar-refractivity contribution is 7.09. The highest BCUT2D eigenvalue weighted by Gasteiger charge is 2.45. The number of thiazole rings is 1. The predicted molar refractivity (Wildman–Crippen MR) is 128 cm³/mol. The van der Waals surface area contributed by atoms with Crippen molar-refractivity contribution in [3.8, 4) is 0 Å². The molecule has 4 aromatic rings. The lowest BCUT2D eigenvalue weighted by atomic mass is 10.1. The van der Waals surface area contributed by atoms with Crippen LogP contribution in [0.5, 0.6) is 0 Å². The van der Waals surface area contributed by atoms with Crippen LogP contribution in [0.1, 0.15) is 33.4 Å². The number of benzene rings is 3. The number of carbonyl (C=O) groups excluding carboxylic acids is 2. The number of hydrogen-bond acceptors (Lipinski definition) is 4. The summed E-state index contributed by atoms with van der Waals surface area (Å²) in [6.45, 7) is 0.551. The minimum atomic E-state index is -0.638. The van der Waals surface area contributed by atoms with Crippen molar-refractivity contribution in [3.05, 3.63) is 124 Å². The molecule has 2 heterocycles. The summed E-state index contributed by atoms with van der Waals surface area (Å²) in [7, 11) is 0. The minimum absolute atomic E-state index is 0.178. The van der Waals surface area contributed by atoms with Crippen LogP contribution in [-0.4, -0.2) is 26.7 Å². The van der Waals surface area contributed by atoms with Crippen molar-refractivity contribution < 1.29 is 9.59 Å². The number of hydrogen-bond donors (Lipinski definition) is 0. The third-order valence-electron chi connectivity index (χ3n) is 5.72. The number of carbonyl (C=O) groups is 2. The van der Waals surface area contributed by atoms with Crippen molar-refractivity contribution >= 4 is 23.3 Å². The van der Waals surface area contributed by atoms with Crippen LogP contribution in [0, 0.1) is 0 Å². The van der Waals surface area contributed by atoms with Gasteiger partial charge in [0.05, 0.1) is 17.2 Å². The number of imide groups is 1. The molecule has 164 valence electrons. The Bertz CT molecular complexity index is 1240. The number of aromatic nitrogens is 1. The van der Waals surface area contributed by atoms with E-state index in [-0.39, 0.29) is 18.5 Å². The lowest BCUT2D eigenvalue weighted by Crippen LogP contribution is -2.32. The average molecular weight is 454 g/mol. The second kappa shape index (κ2) is 9.38. The zero-order valence-corrected chi connectivity index (χ0v) is 18.8. The Labute approximate surface area is 196 Å². The molecule has 33 heavy (non-hydrogen) atoms. The quantitative estimate of drug-likeness (QED) is 0.350. The van der Waals surface area contributed by atoms with Gasteiger partial charge >= 0.3 is 6.03 Å². The molecule has 1 saturated heterocycles. The third kappa shape index (κ3) is 4.56. The zero-order valence-electron chi connectivity index (χ0n) is 18.0. The van der Waals surface area contributed by atoms with E-state index in [2.05, 4.69) is 12.1 Å². The first-order valence-electron chi connectivity index (χ1n) is 10.9. The van der Waals surface area contributed by atoms with E-state index < -0.39 is 6.04 Å². The minimum Gasteiger partial charge on any atom is -0.304 e.